The molecule has 5 nitrogen and oxygen atoms in total. The highest BCUT2D eigenvalue weighted by molar-refractivity contribution is 5.82. The second-order valence-corrected chi connectivity index (χ2v) is 3.20. The quantitative estimate of drug-likeness (QED) is 0.623. The van der Waals surface area contributed by atoms with Gasteiger partial charge in [0.15, 0.2) is 5.54 Å². The van der Waals surface area contributed by atoms with Crippen molar-refractivity contribution in [3.63, 3.8) is 0 Å². The van der Waals surface area contributed by atoms with Crippen molar-refractivity contribution < 1.29 is 19.8 Å². The normalized spacial score (nSPS) is 13.9. The average Bonchev–Trinajstić information content (AvgIpc) is 2.18. The van der Waals surface area contributed by atoms with Crippen LogP contribution in [-0.2, 0) is 15.1 Å². The van der Waals surface area contributed by atoms with Gasteiger partial charge in [0.25, 0.3) is 0 Å². The number of hydrogen-bond donors (Lipinski definition) is 3. The molecule has 0 spiro atoms. The summed E-state index contributed by atoms with van der Waals surface area (Å²) < 4.78 is 0. The van der Waals surface area contributed by atoms with E-state index in [-0.39, 0.29) is 5.75 Å². The van der Waals surface area contributed by atoms with E-state index in [2.05, 4.69) is 5.32 Å². The predicted octanol–water partition coefficient (Wildman–Crippen LogP) is 0.349. The van der Waals surface area contributed by atoms with Gasteiger partial charge >= 0.3 is 12.4 Å². The van der Waals surface area contributed by atoms with Crippen molar-refractivity contribution in [3.05, 3.63) is 29.8 Å². The minimum Gasteiger partial charge on any atom is -0.508 e. The van der Waals surface area contributed by atoms with Gasteiger partial charge < -0.3 is 15.5 Å². The number of carboxylic acids is 1. The fourth-order valence-electron chi connectivity index (χ4n) is 1.15. The summed E-state index contributed by atoms with van der Waals surface area (Å²) in [6.07, 6.45) is 1.36. The van der Waals surface area contributed by atoms with Crippen LogP contribution in [-0.4, -0.2) is 22.6 Å². The van der Waals surface area contributed by atoms with Gasteiger partial charge in [0.05, 0.1) is 0 Å². The SMILES string of the molecule is CC(N[C]=O)(C(=O)O)c1ccc(O)cc1. The standard InChI is InChI=1S/C10H10NO4/c1-10(9(14)15,11-6-12)7-2-4-8(13)5-3-7/h2-5,13H,1H3,(H,11,12)(H,14,15). The van der Waals surface area contributed by atoms with Crippen molar-refractivity contribution in [2.45, 2.75) is 12.5 Å². The number of carboxylic acid groups (broad SMARTS) is 1. The third-order valence-electron chi connectivity index (χ3n) is 2.17. The zero-order valence-electron chi connectivity index (χ0n) is 8.02. The largest absolute Gasteiger partial charge is 0.508 e. The highest BCUT2D eigenvalue weighted by Gasteiger charge is 2.34. The molecule has 1 aromatic rings. The zero-order valence-corrected chi connectivity index (χ0v) is 8.02. The molecule has 15 heavy (non-hydrogen) atoms. The molecule has 1 radical (unpaired) electrons. The first-order valence-electron chi connectivity index (χ1n) is 4.18. The van der Waals surface area contributed by atoms with Gasteiger partial charge in [-0.3, -0.25) is 4.79 Å². The average molecular weight is 208 g/mol. The molecule has 0 aromatic heterocycles. The first-order chi connectivity index (χ1) is 7.00. The zero-order chi connectivity index (χ0) is 11.5. The Morgan fingerprint density at radius 2 is 1.93 bits per heavy atom. The summed E-state index contributed by atoms with van der Waals surface area (Å²) in [5.74, 6) is -1.17. The van der Waals surface area contributed by atoms with Gasteiger partial charge in [-0.25, -0.2) is 4.79 Å². The number of hydrogen-bond acceptors (Lipinski definition) is 3. The monoisotopic (exact) mass is 208 g/mol. The predicted molar refractivity (Wildman–Crippen MR) is 51.9 cm³/mol. The van der Waals surface area contributed by atoms with Gasteiger partial charge in [0.1, 0.15) is 5.75 Å². The van der Waals surface area contributed by atoms with E-state index in [1.54, 1.807) is 0 Å². The van der Waals surface area contributed by atoms with Crippen LogP contribution in [0, 0.1) is 0 Å². The lowest BCUT2D eigenvalue weighted by Crippen LogP contribution is -2.45. The van der Waals surface area contributed by atoms with E-state index < -0.39 is 11.5 Å². The first kappa shape index (κ1) is 11.0. The van der Waals surface area contributed by atoms with E-state index in [4.69, 9.17) is 10.2 Å². The number of phenolic OH excluding ortho intramolecular Hbond substituents is 1. The summed E-state index contributed by atoms with van der Waals surface area (Å²) >= 11 is 0. The van der Waals surface area contributed by atoms with Crippen LogP contribution >= 0.6 is 0 Å². The smallest absolute Gasteiger partial charge is 0.333 e. The summed E-state index contributed by atoms with van der Waals surface area (Å²) in [4.78, 5) is 21.2. The molecular weight excluding hydrogens is 198 g/mol. The van der Waals surface area contributed by atoms with Crippen LogP contribution in [0.15, 0.2) is 24.3 Å². The number of aliphatic carboxylic acids is 1. The van der Waals surface area contributed by atoms with E-state index in [0.717, 1.165) is 0 Å². The Bertz CT molecular complexity index is 374. The van der Waals surface area contributed by atoms with Crippen molar-refractivity contribution >= 4 is 12.4 Å². The Morgan fingerprint density at radius 3 is 2.33 bits per heavy atom. The first-order valence-corrected chi connectivity index (χ1v) is 4.18. The Kier molecular flexibility index (Phi) is 2.94. The molecule has 3 N–H and O–H groups in total. The van der Waals surface area contributed by atoms with Crippen molar-refractivity contribution in [1.82, 2.24) is 5.32 Å². The van der Waals surface area contributed by atoms with E-state index in [9.17, 15) is 9.59 Å². The van der Waals surface area contributed by atoms with Crippen LogP contribution in [0.1, 0.15) is 12.5 Å². The summed E-state index contributed by atoms with van der Waals surface area (Å²) in [7, 11) is 0. The van der Waals surface area contributed by atoms with Crippen molar-refractivity contribution in [1.29, 1.82) is 0 Å². The van der Waals surface area contributed by atoms with Crippen LogP contribution in [0.3, 0.4) is 0 Å². The Morgan fingerprint density at radius 1 is 1.40 bits per heavy atom. The molecule has 0 heterocycles. The lowest BCUT2D eigenvalue weighted by molar-refractivity contribution is -0.143. The molecule has 0 saturated heterocycles. The molecule has 0 saturated carbocycles. The van der Waals surface area contributed by atoms with Gasteiger partial charge in [-0.2, -0.15) is 0 Å². The molecule has 5 heteroatoms. The third-order valence-corrected chi connectivity index (χ3v) is 2.17. The highest BCUT2D eigenvalue weighted by atomic mass is 16.4. The molecule has 0 bridgehead atoms. The lowest BCUT2D eigenvalue weighted by Gasteiger charge is -2.23. The van der Waals surface area contributed by atoms with Gasteiger partial charge in [0, 0.05) is 0 Å². The van der Waals surface area contributed by atoms with Crippen LogP contribution in [0.25, 0.3) is 0 Å². The van der Waals surface area contributed by atoms with Crippen LogP contribution in [0.2, 0.25) is 0 Å². The van der Waals surface area contributed by atoms with Crippen LogP contribution in [0.4, 0.5) is 0 Å². The van der Waals surface area contributed by atoms with Gasteiger partial charge in [-0.15, -0.1) is 0 Å². The maximum Gasteiger partial charge on any atom is 0.333 e. The number of nitrogens with one attached hydrogen (secondary N) is 1. The van der Waals surface area contributed by atoms with Gasteiger partial charge in [-0.05, 0) is 24.6 Å². The molecule has 0 aliphatic carbocycles. The Balaban J connectivity index is 3.14. The molecule has 0 fully saturated rings. The molecule has 1 atom stereocenters. The molecule has 1 unspecified atom stereocenters. The Hall–Kier alpha value is -2.04. The fourth-order valence-corrected chi connectivity index (χ4v) is 1.15. The summed E-state index contributed by atoms with van der Waals surface area (Å²) in [5, 5.41) is 20.1. The van der Waals surface area contributed by atoms with E-state index in [0.29, 0.717) is 5.56 Å². The lowest BCUT2D eigenvalue weighted by atomic mass is 9.92. The Labute approximate surface area is 86.4 Å². The van der Waals surface area contributed by atoms with E-state index in [1.165, 1.54) is 37.6 Å². The highest BCUT2D eigenvalue weighted by Crippen LogP contribution is 2.22. The van der Waals surface area contributed by atoms with Crippen molar-refractivity contribution in [3.8, 4) is 5.75 Å². The maximum atomic E-state index is 11.0. The minimum atomic E-state index is -1.53. The maximum absolute atomic E-state index is 11.0. The summed E-state index contributed by atoms with van der Waals surface area (Å²) in [5.41, 5.74) is -1.17. The summed E-state index contributed by atoms with van der Waals surface area (Å²) in [6, 6.07) is 5.55. The number of aromatic hydroxyl groups is 1. The second-order valence-electron chi connectivity index (χ2n) is 3.20. The molecule has 79 valence electrons. The number of phenols is 1. The molecular formula is C10H10NO4. The van der Waals surface area contributed by atoms with E-state index >= 15 is 0 Å². The topological polar surface area (TPSA) is 86.6 Å². The van der Waals surface area contributed by atoms with Crippen molar-refractivity contribution in [2.24, 2.45) is 0 Å². The molecule has 1 amide bonds. The second kappa shape index (κ2) is 4.00. The fraction of sp³-hybridized carbons (Fsp3) is 0.200. The number of amides is 1. The minimum absolute atomic E-state index is 0.0292. The number of rotatable bonds is 4. The van der Waals surface area contributed by atoms with Crippen LogP contribution < -0.4 is 5.32 Å². The number of carbonyl (C=O) groups is 1. The number of carbonyl (C=O) groups excluding carboxylic acids is 1. The van der Waals surface area contributed by atoms with Gasteiger partial charge in [0.2, 0.25) is 0 Å². The number of benzene rings is 1. The summed E-state index contributed by atoms with van der Waals surface area (Å²) in [6.45, 7) is 1.34. The molecule has 0 aliphatic rings. The van der Waals surface area contributed by atoms with Gasteiger partial charge in [-0.1, -0.05) is 12.1 Å². The molecule has 1 aromatic carbocycles. The van der Waals surface area contributed by atoms with E-state index in [1.807, 2.05) is 0 Å². The molecule has 0 aliphatic heterocycles. The third kappa shape index (κ3) is 2.07. The van der Waals surface area contributed by atoms with Crippen molar-refractivity contribution in [2.75, 3.05) is 0 Å². The van der Waals surface area contributed by atoms with Crippen LogP contribution in [0.5, 0.6) is 5.75 Å². The molecule has 1 rings (SSSR count).